The number of ether oxygens (including phenoxy) is 6. The summed E-state index contributed by atoms with van der Waals surface area (Å²) in [5.74, 6) is -1.59. The van der Waals surface area contributed by atoms with Crippen molar-refractivity contribution in [2.45, 2.75) is 317 Å². The third kappa shape index (κ3) is 50.6. The molecule has 0 spiro atoms. The van der Waals surface area contributed by atoms with Crippen molar-refractivity contribution in [3.63, 3.8) is 0 Å². The molecule has 0 amide bonds. The first-order chi connectivity index (χ1) is 37.1. The van der Waals surface area contributed by atoms with Crippen LogP contribution in [0.5, 0.6) is 0 Å². The number of carbonyl (C=O) groups is 5. The molecule has 0 radical (unpaired) electrons. The first-order valence-corrected chi connectivity index (χ1v) is 31.9. The van der Waals surface area contributed by atoms with Crippen molar-refractivity contribution in [2.24, 2.45) is 5.92 Å². The molecule has 0 heterocycles. The van der Waals surface area contributed by atoms with Gasteiger partial charge in [-0.25, -0.2) is 4.79 Å². The first-order valence-electron chi connectivity index (χ1n) is 31.9. The molecule has 0 saturated heterocycles. The Balaban J connectivity index is 4.93. The molecule has 13 heteroatoms. The van der Waals surface area contributed by atoms with Crippen molar-refractivity contribution in [3.8, 4) is 0 Å². The lowest BCUT2D eigenvalue weighted by atomic mass is 10.0. The van der Waals surface area contributed by atoms with Gasteiger partial charge in [-0.2, -0.15) is 0 Å². The van der Waals surface area contributed by atoms with Crippen molar-refractivity contribution in [3.05, 3.63) is 0 Å². The SMILES string of the molecule is CCCCCCCCC(CCCCCCCC)OC(=O)CCCCCCC(=O)OCC(COC(=O)CCCCCCC(=O)OC(CCCCCCCC)CCCCCCCC)COC(=O)OCCCN(CC)CCCO. The molecule has 0 bridgehead atoms. The molecular weight excluding hydrogens is 963 g/mol. The number of unbranched alkanes of at least 4 members (excludes halogenated alkanes) is 26. The maximum atomic E-state index is 12.9. The van der Waals surface area contributed by atoms with E-state index in [0.717, 1.165) is 96.7 Å². The highest BCUT2D eigenvalue weighted by molar-refractivity contribution is 5.70. The van der Waals surface area contributed by atoms with Crippen LogP contribution in [0.4, 0.5) is 4.79 Å². The molecule has 13 nitrogen and oxygen atoms in total. The summed E-state index contributed by atoms with van der Waals surface area (Å²) in [5.41, 5.74) is 0. The van der Waals surface area contributed by atoms with Crippen LogP contribution in [-0.4, -0.2) is 105 Å². The van der Waals surface area contributed by atoms with E-state index >= 15 is 0 Å². The zero-order chi connectivity index (χ0) is 55.8. The first kappa shape index (κ1) is 73.1. The average Bonchev–Trinajstić information content (AvgIpc) is 3.41. The summed E-state index contributed by atoms with van der Waals surface area (Å²) in [6.45, 7) is 13.3. The Hall–Kier alpha value is -2.93. The monoisotopic (exact) mass is 1080 g/mol. The van der Waals surface area contributed by atoms with E-state index in [1.165, 1.54) is 128 Å². The Bertz CT molecular complexity index is 1220. The van der Waals surface area contributed by atoms with Crippen LogP contribution in [-0.2, 0) is 47.6 Å². The van der Waals surface area contributed by atoms with Gasteiger partial charge in [0, 0.05) is 45.4 Å². The zero-order valence-electron chi connectivity index (χ0n) is 50.0. The molecule has 0 aliphatic rings. The molecule has 76 heavy (non-hydrogen) atoms. The second-order valence-electron chi connectivity index (χ2n) is 21.8. The number of hydrogen-bond acceptors (Lipinski definition) is 13. The summed E-state index contributed by atoms with van der Waals surface area (Å²) in [6, 6.07) is 0. The fraction of sp³-hybridized carbons (Fsp3) is 0.921. The zero-order valence-corrected chi connectivity index (χ0v) is 50.0. The quantitative estimate of drug-likeness (QED) is 0.0348. The largest absolute Gasteiger partial charge is 0.508 e. The summed E-state index contributed by atoms with van der Waals surface area (Å²) in [7, 11) is 0. The van der Waals surface area contributed by atoms with Crippen molar-refractivity contribution in [2.75, 3.05) is 52.7 Å². The van der Waals surface area contributed by atoms with Crippen LogP contribution in [0, 0.1) is 5.92 Å². The standard InChI is InChI=1S/C63H119NO12/c1-6-11-15-19-23-31-41-57(42-32-24-20-16-12-7-2)75-61(68)47-37-29-27-35-45-59(66)72-53-56(55-74-63(70)71-52-40-50-64(10-5)49-39-51-65)54-73-60(67)46-36-28-30-38-48-62(69)76-58(43-33-25-21-17-13-8-3)44-34-26-22-18-14-9-4/h56-58,65H,6-55H2,1-5H3. The molecule has 0 aromatic carbocycles. The minimum absolute atomic E-state index is 0.00503. The van der Waals surface area contributed by atoms with Crippen molar-refractivity contribution in [1.82, 2.24) is 4.90 Å². The van der Waals surface area contributed by atoms with Crippen LogP contribution >= 0.6 is 0 Å². The van der Waals surface area contributed by atoms with Crippen LogP contribution in [0.15, 0.2) is 0 Å². The Kier molecular flexibility index (Phi) is 54.6. The molecule has 0 fully saturated rings. The van der Waals surface area contributed by atoms with Crippen molar-refractivity contribution < 1.29 is 57.5 Å². The highest BCUT2D eigenvalue weighted by Crippen LogP contribution is 2.21. The van der Waals surface area contributed by atoms with E-state index in [1.54, 1.807) is 0 Å². The lowest BCUT2D eigenvalue weighted by Crippen LogP contribution is -2.28. The molecule has 0 aliphatic heterocycles. The second-order valence-corrected chi connectivity index (χ2v) is 21.8. The maximum Gasteiger partial charge on any atom is 0.508 e. The summed E-state index contributed by atoms with van der Waals surface area (Å²) < 4.78 is 33.9. The second kappa shape index (κ2) is 56.8. The Morgan fingerprint density at radius 2 is 0.671 bits per heavy atom. The van der Waals surface area contributed by atoms with Crippen LogP contribution in [0.1, 0.15) is 304 Å². The molecule has 0 rings (SSSR count). The van der Waals surface area contributed by atoms with Gasteiger partial charge in [0.1, 0.15) is 32.0 Å². The highest BCUT2D eigenvalue weighted by Gasteiger charge is 2.20. The van der Waals surface area contributed by atoms with Gasteiger partial charge in [-0.1, -0.05) is 189 Å². The Morgan fingerprint density at radius 1 is 0.355 bits per heavy atom. The minimum atomic E-state index is -0.842. The van der Waals surface area contributed by atoms with E-state index in [9.17, 15) is 24.0 Å². The van der Waals surface area contributed by atoms with Gasteiger partial charge in [-0.15, -0.1) is 0 Å². The van der Waals surface area contributed by atoms with E-state index in [2.05, 4.69) is 32.6 Å². The molecule has 448 valence electrons. The molecule has 1 N–H and O–H groups in total. The van der Waals surface area contributed by atoms with Gasteiger partial charge in [0.25, 0.3) is 0 Å². The summed E-state index contributed by atoms with van der Waals surface area (Å²) in [5, 5.41) is 9.15. The molecule has 0 aliphatic carbocycles. The molecule has 0 aromatic heterocycles. The molecule has 0 saturated carbocycles. The fourth-order valence-electron chi connectivity index (χ4n) is 9.51. The molecule has 0 unspecified atom stereocenters. The van der Waals surface area contributed by atoms with E-state index < -0.39 is 12.1 Å². The third-order valence-corrected chi connectivity index (χ3v) is 14.5. The topological polar surface area (TPSA) is 164 Å². The van der Waals surface area contributed by atoms with Crippen LogP contribution in [0.2, 0.25) is 0 Å². The normalized spacial score (nSPS) is 11.5. The van der Waals surface area contributed by atoms with Crippen molar-refractivity contribution in [1.29, 1.82) is 0 Å². The van der Waals surface area contributed by atoms with Crippen LogP contribution < -0.4 is 0 Å². The van der Waals surface area contributed by atoms with E-state index in [1.807, 2.05) is 6.92 Å². The predicted octanol–water partition coefficient (Wildman–Crippen LogP) is 16.4. The number of hydrogen-bond donors (Lipinski definition) is 1. The lowest BCUT2D eigenvalue weighted by Gasteiger charge is -2.20. The number of aliphatic hydroxyl groups is 1. The summed E-state index contributed by atoms with van der Waals surface area (Å²) in [6.07, 6.45) is 40.6. The van der Waals surface area contributed by atoms with Gasteiger partial charge < -0.3 is 38.4 Å². The lowest BCUT2D eigenvalue weighted by molar-refractivity contribution is -0.151. The highest BCUT2D eigenvalue weighted by atomic mass is 16.7. The number of carbonyl (C=O) groups excluding carboxylic acids is 5. The van der Waals surface area contributed by atoms with Crippen LogP contribution in [0.25, 0.3) is 0 Å². The smallest absolute Gasteiger partial charge is 0.465 e. The summed E-state index contributed by atoms with van der Waals surface area (Å²) in [4.78, 5) is 66.1. The molecular formula is C63H119NO12. The number of esters is 4. The fourth-order valence-corrected chi connectivity index (χ4v) is 9.51. The Labute approximate surface area is 465 Å². The van der Waals surface area contributed by atoms with Gasteiger partial charge in [0.2, 0.25) is 0 Å². The molecule has 0 aromatic rings. The van der Waals surface area contributed by atoms with Gasteiger partial charge >= 0.3 is 30.0 Å². The minimum Gasteiger partial charge on any atom is -0.465 e. The third-order valence-electron chi connectivity index (χ3n) is 14.5. The Morgan fingerprint density at radius 3 is 1.03 bits per heavy atom. The van der Waals surface area contributed by atoms with Crippen molar-refractivity contribution >= 4 is 30.0 Å². The summed E-state index contributed by atoms with van der Waals surface area (Å²) >= 11 is 0. The van der Waals surface area contributed by atoms with Gasteiger partial charge in [-0.05, 0) is 96.4 Å². The molecule has 0 atom stereocenters. The van der Waals surface area contributed by atoms with Gasteiger partial charge in [0.15, 0.2) is 0 Å². The van der Waals surface area contributed by atoms with Gasteiger partial charge in [0.05, 0.1) is 12.5 Å². The number of aliphatic hydroxyl groups excluding tert-OH is 1. The van der Waals surface area contributed by atoms with E-state index in [0.29, 0.717) is 51.4 Å². The maximum absolute atomic E-state index is 12.9. The predicted molar refractivity (Wildman–Crippen MR) is 308 cm³/mol. The number of nitrogens with zero attached hydrogens (tertiary/aromatic N) is 1. The van der Waals surface area contributed by atoms with E-state index in [4.69, 9.17) is 33.5 Å². The van der Waals surface area contributed by atoms with Gasteiger partial charge in [-0.3, -0.25) is 19.2 Å². The average molecular weight is 1080 g/mol. The van der Waals surface area contributed by atoms with Crippen LogP contribution in [0.3, 0.4) is 0 Å². The van der Waals surface area contributed by atoms with E-state index in [-0.39, 0.29) is 82.0 Å². The number of rotatable bonds is 58.